The van der Waals surface area contributed by atoms with Gasteiger partial charge < -0.3 is 20.1 Å². The largest absolute Gasteiger partial charge is 0.482 e. The monoisotopic (exact) mass is 278 g/mol. The van der Waals surface area contributed by atoms with Crippen LogP contribution in [0.25, 0.3) is 0 Å². The summed E-state index contributed by atoms with van der Waals surface area (Å²) in [6.07, 6.45) is 0. The Morgan fingerprint density at radius 1 is 1.50 bits per heavy atom. The Morgan fingerprint density at radius 2 is 2.20 bits per heavy atom. The molecule has 0 saturated heterocycles. The molecule has 1 aliphatic rings. The van der Waals surface area contributed by atoms with E-state index in [2.05, 4.69) is 5.32 Å². The van der Waals surface area contributed by atoms with Crippen LogP contribution in [0.15, 0.2) is 18.2 Å². The lowest BCUT2D eigenvalue weighted by atomic mass is 10.0. The number of nitrogens with zero attached hydrogens (tertiary/aromatic N) is 1. The molecular formula is C14H18N2O4. The predicted octanol–water partition coefficient (Wildman–Crippen LogP) is 0.860. The summed E-state index contributed by atoms with van der Waals surface area (Å²) in [6, 6.07) is 4.88. The van der Waals surface area contributed by atoms with Crippen molar-refractivity contribution in [2.45, 2.75) is 19.4 Å². The first kappa shape index (κ1) is 14.3. The fourth-order valence-electron chi connectivity index (χ4n) is 1.79. The summed E-state index contributed by atoms with van der Waals surface area (Å²) in [5, 5.41) is 12.0. The number of aliphatic hydroxyl groups excluding tert-OH is 1. The molecule has 0 bridgehead atoms. The predicted molar refractivity (Wildman–Crippen MR) is 73.8 cm³/mol. The Hall–Kier alpha value is -2.08. The number of hydrogen-bond acceptors (Lipinski definition) is 4. The standard InChI is InChI=1S/C14H18N2O4/c1-14(2,8-17)16(3)13(19)9-4-5-11-10(6-9)15-12(18)7-20-11/h4-6,17H,7-8H2,1-3H3,(H,15,18). The van der Waals surface area contributed by atoms with E-state index in [-0.39, 0.29) is 25.0 Å². The number of amides is 2. The molecule has 1 aromatic carbocycles. The molecule has 0 spiro atoms. The van der Waals surface area contributed by atoms with Gasteiger partial charge in [0.05, 0.1) is 17.8 Å². The molecule has 0 aromatic heterocycles. The fourth-order valence-corrected chi connectivity index (χ4v) is 1.79. The van der Waals surface area contributed by atoms with Crippen LogP contribution < -0.4 is 10.1 Å². The summed E-state index contributed by atoms with van der Waals surface area (Å²) in [6.45, 7) is 3.39. The van der Waals surface area contributed by atoms with E-state index in [0.717, 1.165) is 0 Å². The van der Waals surface area contributed by atoms with Gasteiger partial charge in [-0.3, -0.25) is 9.59 Å². The van der Waals surface area contributed by atoms with Gasteiger partial charge in [0.25, 0.3) is 11.8 Å². The molecule has 1 heterocycles. The van der Waals surface area contributed by atoms with Gasteiger partial charge in [-0.1, -0.05) is 0 Å². The van der Waals surface area contributed by atoms with Gasteiger partial charge in [-0.05, 0) is 32.0 Å². The normalized spacial score (nSPS) is 14.1. The third-order valence-electron chi connectivity index (χ3n) is 3.46. The van der Waals surface area contributed by atoms with Crippen molar-refractivity contribution in [1.29, 1.82) is 0 Å². The number of ether oxygens (including phenoxy) is 1. The quantitative estimate of drug-likeness (QED) is 0.859. The summed E-state index contributed by atoms with van der Waals surface area (Å²) < 4.78 is 5.24. The highest BCUT2D eigenvalue weighted by molar-refractivity contribution is 6.00. The van der Waals surface area contributed by atoms with Gasteiger partial charge >= 0.3 is 0 Å². The minimum absolute atomic E-state index is 0.0161. The lowest BCUT2D eigenvalue weighted by Gasteiger charge is -2.34. The van der Waals surface area contributed by atoms with E-state index < -0.39 is 5.54 Å². The number of hydrogen-bond donors (Lipinski definition) is 2. The molecule has 0 aliphatic carbocycles. The molecule has 1 aliphatic heterocycles. The van der Waals surface area contributed by atoms with Gasteiger partial charge in [0.1, 0.15) is 5.75 Å². The number of likely N-dealkylation sites (N-methyl/N-ethyl adjacent to an activating group) is 1. The first-order valence-electron chi connectivity index (χ1n) is 6.31. The van der Waals surface area contributed by atoms with Crippen LogP contribution in [-0.4, -0.2) is 47.6 Å². The molecule has 108 valence electrons. The second-order valence-corrected chi connectivity index (χ2v) is 5.38. The molecule has 0 fully saturated rings. The van der Waals surface area contributed by atoms with Crippen LogP contribution in [0.3, 0.4) is 0 Å². The van der Waals surface area contributed by atoms with Gasteiger partial charge in [-0.2, -0.15) is 0 Å². The molecule has 0 saturated carbocycles. The van der Waals surface area contributed by atoms with Crippen molar-refractivity contribution in [3.8, 4) is 5.75 Å². The second-order valence-electron chi connectivity index (χ2n) is 5.38. The van der Waals surface area contributed by atoms with E-state index in [4.69, 9.17) is 4.74 Å². The van der Waals surface area contributed by atoms with Gasteiger partial charge in [0.2, 0.25) is 0 Å². The molecular weight excluding hydrogens is 260 g/mol. The molecule has 20 heavy (non-hydrogen) atoms. The molecule has 1 aromatic rings. The van der Waals surface area contributed by atoms with E-state index in [0.29, 0.717) is 17.0 Å². The molecule has 2 rings (SSSR count). The van der Waals surface area contributed by atoms with Gasteiger partial charge in [-0.15, -0.1) is 0 Å². The van der Waals surface area contributed by atoms with Crippen molar-refractivity contribution in [1.82, 2.24) is 4.90 Å². The number of nitrogens with one attached hydrogen (secondary N) is 1. The van der Waals surface area contributed by atoms with Crippen molar-refractivity contribution in [3.05, 3.63) is 23.8 Å². The maximum absolute atomic E-state index is 12.4. The summed E-state index contributed by atoms with van der Waals surface area (Å²) in [5.41, 5.74) is 0.257. The smallest absolute Gasteiger partial charge is 0.262 e. The van der Waals surface area contributed by atoms with E-state index in [1.54, 1.807) is 39.1 Å². The maximum atomic E-state index is 12.4. The molecule has 0 unspecified atom stereocenters. The molecule has 6 nitrogen and oxygen atoms in total. The number of benzene rings is 1. The molecule has 2 amide bonds. The van der Waals surface area contributed by atoms with E-state index in [1.165, 1.54) is 4.90 Å². The number of carbonyl (C=O) groups excluding carboxylic acids is 2. The van der Waals surface area contributed by atoms with Crippen molar-refractivity contribution in [2.24, 2.45) is 0 Å². The van der Waals surface area contributed by atoms with Crippen LogP contribution in [0, 0.1) is 0 Å². The number of carbonyl (C=O) groups is 2. The van der Waals surface area contributed by atoms with Crippen LogP contribution >= 0.6 is 0 Å². The van der Waals surface area contributed by atoms with Gasteiger partial charge in [0.15, 0.2) is 6.61 Å². The lowest BCUT2D eigenvalue weighted by Crippen LogP contribution is -2.47. The van der Waals surface area contributed by atoms with Crippen LogP contribution in [0.1, 0.15) is 24.2 Å². The number of fused-ring (bicyclic) bond motifs is 1. The number of anilines is 1. The summed E-state index contributed by atoms with van der Waals surface area (Å²) in [7, 11) is 1.63. The average molecular weight is 278 g/mol. The highest BCUT2D eigenvalue weighted by atomic mass is 16.5. The van der Waals surface area contributed by atoms with Gasteiger partial charge in [0, 0.05) is 12.6 Å². The lowest BCUT2D eigenvalue weighted by molar-refractivity contribution is -0.118. The Bertz CT molecular complexity index is 554. The van der Waals surface area contributed by atoms with E-state index in [1.807, 2.05) is 0 Å². The van der Waals surface area contributed by atoms with Crippen LogP contribution in [0.2, 0.25) is 0 Å². The topological polar surface area (TPSA) is 78.9 Å². The molecule has 6 heteroatoms. The second kappa shape index (κ2) is 5.13. The highest BCUT2D eigenvalue weighted by Gasteiger charge is 2.28. The average Bonchev–Trinajstić information content (AvgIpc) is 2.44. The van der Waals surface area contributed by atoms with Crippen molar-refractivity contribution in [2.75, 3.05) is 25.6 Å². The number of rotatable bonds is 3. The third kappa shape index (κ3) is 2.60. The van der Waals surface area contributed by atoms with Crippen LogP contribution in [0.5, 0.6) is 5.75 Å². The number of aliphatic hydroxyl groups is 1. The van der Waals surface area contributed by atoms with Crippen LogP contribution in [0.4, 0.5) is 5.69 Å². The van der Waals surface area contributed by atoms with Crippen molar-refractivity contribution >= 4 is 17.5 Å². The maximum Gasteiger partial charge on any atom is 0.262 e. The SMILES string of the molecule is CN(C(=O)c1ccc2c(c1)NC(=O)CO2)C(C)(C)CO. The first-order chi connectivity index (χ1) is 9.35. The zero-order chi connectivity index (χ0) is 14.9. The zero-order valence-electron chi connectivity index (χ0n) is 11.8. The van der Waals surface area contributed by atoms with Gasteiger partial charge in [-0.25, -0.2) is 0 Å². The zero-order valence-corrected chi connectivity index (χ0v) is 11.8. The van der Waals surface area contributed by atoms with Crippen LogP contribution in [-0.2, 0) is 4.79 Å². The summed E-state index contributed by atoms with van der Waals surface area (Å²) >= 11 is 0. The van der Waals surface area contributed by atoms with E-state index in [9.17, 15) is 14.7 Å². The summed E-state index contributed by atoms with van der Waals surface area (Å²) in [5.74, 6) is 0.0723. The fraction of sp³-hybridized carbons (Fsp3) is 0.429. The van der Waals surface area contributed by atoms with E-state index >= 15 is 0 Å². The Labute approximate surface area is 117 Å². The molecule has 0 radical (unpaired) electrons. The highest BCUT2D eigenvalue weighted by Crippen LogP contribution is 2.29. The molecule has 0 atom stereocenters. The minimum Gasteiger partial charge on any atom is -0.482 e. The van der Waals surface area contributed by atoms with Crippen molar-refractivity contribution in [3.63, 3.8) is 0 Å². The molecule has 2 N–H and O–H groups in total. The minimum atomic E-state index is -0.660. The Balaban J connectivity index is 2.28. The first-order valence-corrected chi connectivity index (χ1v) is 6.31. The third-order valence-corrected chi connectivity index (χ3v) is 3.46. The Kier molecular flexibility index (Phi) is 3.67. The Morgan fingerprint density at radius 3 is 2.85 bits per heavy atom. The summed E-state index contributed by atoms with van der Waals surface area (Å²) in [4.78, 5) is 25.1. The van der Waals surface area contributed by atoms with Crippen molar-refractivity contribution < 1.29 is 19.4 Å².